The summed E-state index contributed by atoms with van der Waals surface area (Å²) in [6, 6.07) is 5.99. The predicted molar refractivity (Wildman–Crippen MR) is 61.6 cm³/mol. The first kappa shape index (κ1) is 8.43. The van der Waals surface area contributed by atoms with Gasteiger partial charge in [-0.3, -0.25) is 5.10 Å². The molecule has 0 fully saturated rings. The van der Waals surface area contributed by atoms with Gasteiger partial charge in [0, 0.05) is 22.5 Å². The van der Waals surface area contributed by atoms with Crippen LogP contribution in [0.2, 0.25) is 0 Å². The maximum absolute atomic E-state index is 5.74. The van der Waals surface area contributed by atoms with E-state index in [9.17, 15) is 0 Å². The van der Waals surface area contributed by atoms with E-state index in [-0.39, 0.29) is 0 Å². The number of thiazole rings is 1. The first-order chi connectivity index (χ1) is 7.34. The number of anilines is 1. The number of nitrogens with two attached hydrogens (primary N) is 1. The van der Waals surface area contributed by atoms with E-state index in [1.165, 1.54) is 0 Å². The van der Waals surface area contributed by atoms with Gasteiger partial charge in [-0.1, -0.05) is 0 Å². The van der Waals surface area contributed by atoms with Crippen molar-refractivity contribution >= 4 is 28.1 Å². The van der Waals surface area contributed by atoms with E-state index in [1.54, 1.807) is 17.5 Å². The average molecular weight is 216 g/mol. The van der Waals surface area contributed by atoms with E-state index in [0.29, 0.717) is 5.82 Å². The third-order valence-corrected chi connectivity index (χ3v) is 3.09. The summed E-state index contributed by atoms with van der Waals surface area (Å²) in [7, 11) is 0. The van der Waals surface area contributed by atoms with Crippen molar-refractivity contribution in [1.29, 1.82) is 0 Å². The van der Waals surface area contributed by atoms with Gasteiger partial charge in [0.1, 0.15) is 5.01 Å². The lowest BCUT2D eigenvalue weighted by Gasteiger charge is -1.96. The molecule has 3 rings (SSSR count). The Morgan fingerprint density at radius 3 is 3.07 bits per heavy atom. The van der Waals surface area contributed by atoms with Crippen molar-refractivity contribution in [1.82, 2.24) is 15.2 Å². The molecule has 15 heavy (non-hydrogen) atoms. The van der Waals surface area contributed by atoms with Gasteiger partial charge in [0.2, 0.25) is 0 Å². The second-order valence-electron chi connectivity index (χ2n) is 3.21. The highest BCUT2D eigenvalue weighted by atomic mass is 32.1. The SMILES string of the molecule is Nc1n[nH]c2ccc(-c3nccs3)cc12. The molecule has 0 spiro atoms. The number of fused-ring (bicyclic) bond motifs is 1. The zero-order valence-electron chi connectivity index (χ0n) is 7.77. The van der Waals surface area contributed by atoms with Crippen LogP contribution in [-0.4, -0.2) is 15.2 Å². The lowest BCUT2D eigenvalue weighted by Crippen LogP contribution is -1.84. The quantitative estimate of drug-likeness (QED) is 0.655. The fraction of sp³-hybridized carbons (Fsp3) is 0. The number of hydrogen-bond acceptors (Lipinski definition) is 4. The third kappa shape index (κ3) is 1.28. The highest BCUT2D eigenvalue weighted by Crippen LogP contribution is 2.27. The molecule has 0 aliphatic rings. The lowest BCUT2D eigenvalue weighted by atomic mass is 10.1. The Bertz CT molecular complexity index is 597. The minimum absolute atomic E-state index is 0.531. The van der Waals surface area contributed by atoms with Gasteiger partial charge in [-0.2, -0.15) is 5.10 Å². The van der Waals surface area contributed by atoms with E-state index >= 15 is 0 Å². The van der Waals surface area contributed by atoms with Crippen LogP contribution < -0.4 is 5.73 Å². The topological polar surface area (TPSA) is 67.6 Å². The Morgan fingerprint density at radius 2 is 2.27 bits per heavy atom. The highest BCUT2D eigenvalue weighted by Gasteiger charge is 2.05. The van der Waals surface area contributed by atoms with Gasteiger partial charge in [0.25, 0.3) is 0 Å². The van der Waals surface area contributed by atoms with Gasteiger partial charge in [-0.25, -0.2) is 4.98 Å². The van der Waals surface area contributed by atoms with Crippen LogP contribution in [0.3, 0.4) is 0 Å². The van der Waals surface area contributed by atoms with Gasteiger partial charge >= 0.3 is 0 Å². The Kier molecular flexibility index (Phi) is 1.72. The molecule has 1 aromatic carbocycles. The predicted octanol–water partition coefficient (Wildman–Crippen LogP) is 2.27. The van der Waals surface area contributed by atoms with Crippen molar-refractivity contribution in [3.05, 3.63) is 29.8 Å². The number of benzene rings is 1. The fourth-order valence-electron chi connectivity index (χ4n) is 1.53. The van der Waals surface area contributed by atoms with Crippen molar-refractivity contribution in [2.75, 3.05) is 5.73 Å². The summed E-state index contributed by atoms with van der Waals surface area (Å²) < 4.78 is 0. The van der Waals surface area contributed by atoms with Crippen molar-refractivity contribution in [2.24, 2.45) is 0 Å². The van der Waals surface area contributed by atoms with Crippen LogP contribution >= 0.6 is 11.3 Å². The Hall–Kier alpha value is -1.88. The number of aromatic nitrogens is 3. The number of nitrogens with zero attached hydrogens (tertiary/aromatic N) is 2. The zero-order chi connectivity index (χ0) is 10.3. The Balaban J connectivity index is 2.25. The largest absolute Gasteiger partial charge is 0.382 e. The number of aromatic amines is 1. The lowest BCUT2D eigenvalue weighted by molar-refractivity contribution is 1.13. The molecule has 5 heteroatoms. The van der Waals surface area contributed by atoms with Crippen LogP contribution in [0.1, 0.15) is 0 Å². The molecule has 2 heterocycles. The molecule has 0 aliphatic heterocycles. The Morgan fingerprint density at radius 1 is 1.33 bits per heavy atom. The van der Waals surface area contributed by atoms with Crippen molar-refractivity contribution in [2.45, 2.75) is 0 Å². The summed E-state index contributed by atoms with van der Waals surface area (Å²) in [6.07, 6.45) is 1.79. The van der Waals surface area contributed by atoms with Crippen molar-refractivity contribution in [3.8, 4) is 10.6 Å². The van der Waals surface area contributed by atoms with Gasteiger partial charge in [-0.05, 0) is 18.2 Å². The monoisotopic (exact) mass is 216 g/mol. The van der Waals surface area contributed by atoms with Gasteiger partial charge in [-0.15, -0.1) is 11.3 Å². The van der Waals surface area contributed by atoms with Gasteiger partial charge in [0.05, 0.1) is 5.52 Å². The molecular formula is C10H8N4S. The molecule has 3 aromatic rings. The summed E-state index contributed by atoms with van der Waals surface area (Å²) in [4.78, 5) is 4.25. The number of H-pyrrole nitrogens is 1. The number of rotatable bonds is 1. The first-order valence-electron chi connectivity index (χ1n) is 4.48. The molecule has 0 amide bonds. The smallest absolute Gasteiger partial charge is 0.153 e. The summed E-state index contributed by atoms with van der Waals surface area (Å²) >= 11 is 1.61. The zero-order valence-corrected chi connectivity index (χ0v) is 8.58. The number of nitrogens with one attached hydrogen (secondary N) is 1. The van der Waals surface area contributed by atoms with Gasteiger partial charge < -0.3 is 5.73 Å². The summed E-state index contributed by atoms with van der Waals surface area (Å²) in [5.41, 5.74) is 7.77. The molecule has 0 atom stereocenters. The highest BCUT2D eigenvalue weighted by molar-refractivity contribution is 7.13. The molecule has 0 bridgehead atoms. The Labute approximate surface area is 89.8 Å². The van der Waals surface area contributed by atoms with Crippen molar-refractivity contribution < 1.29 is 0 Å². The molecule has 0 saturated heterocycles. The maximum atomic E-state index is 5.74. The summed E-state index contributed by atoms with van der Waals surface area (Å²) in [5, 5.41) is 10.7. The van der Waals surface area contributed by atoms with Crippen LogP contribution in [0.5, 0.6) is 0 Å². The molecule has 0 unspecified atom stereocenters. The van der Waals surface area contributed by atoms with Crippen LogP contribution in [0, 0.1) is 0 Å². The van der Waals surface area contributed by atoms with E-state index in [4.69, 9.17) is 5.73 Å². The molecule has 0 radical (unpaired) electrons. The third-order valence-electron chi connectivity index (χ3n) is 2.27. The minimum Gasteiger partial charge on any atom is -0.382 e. The molecule has 2 aromatic heterocycles. The average Bonchev–Trinajstić information content (AvgIpc) is 2.88. The van der Waals surface area contributed by atoms with E-state index in [2.05, 4.69) is 15.2 Å². The fourth-order valence-corrected chi connectivity index (χ4v) is 2.17. The molecule has 0 aliphatic carbocycles. The van der Waals surface area contributed by atoms with Gasteiger partial charge in [0.15, 0.2) is 5.82 Å². The van der Waals surface area contributed by atoms with Crippen LogP contribution in [0.15, 0.2) is 29.8 Å². The molecule has 0 saturated carbocycles. The molecular weight excluding hydrogens is 208 g/mol. The van der Waals surface area contributed by atoms with Crippen LogP contribution in [-0.2, 0) is 0 Å². The van der Waals surface area contributed by atoms with Crippen molar-refractivity contribution in [3.63, 3.8) is 0 Å². The minimum atomic E-state index is 0.531. The summed E-state index contributed by atoms with van der Waals surface area (Å²) in [6.45, 7) is 0. The normalized spacial score (nSPS) is 10.9. The molecule has 3 N–H and O–H groups in total. The first-order valence-corrected chi connectivity index (χ1v) is 5.36. The second-order valence-corrected chi connectivity index (χ2v) is 4.10. The second kappa shape index (κ2) is 3.06. The number of nitrogen functional groups attached to an aromatic ring is 1. The van der Waals surface area contributed by atoms with Crippen LogP contribution in [0.4, 0.5) is 5.82 Å². The van der Waals surface area contributed by atoms with E-state index in [1.807, 2.05) is 23.6 Å². The summed E-state index contributed by atoms with van der Waals surface area (Å²) in [5.74, 6) is 0.531. The van der Waals surface area contributed by atoms with E-state index in [0.717, 1.165) is 21.5 Å². The molecule has 74 valence electrons. The van der Waals surface area contributed by atoms with E-state index < -0.39 is 0 Å². The molecule has 4 nitrogen and oxygen atoms in total. The maximum Gasteiger partial charge on any atom is 0.153 e. The number of hydrogen-bond donors (Lipinski definition) is 2. The standard InChI is InChI=1S/C10H8N4S/c11-9-7-5-6(10-12-3-4-15-10)1-2-8(7)13-14-9/h1-5H,(H3,11,13,14). The van der Waals surface area contributed by atoms with Crippen LogP contribution in [0.25, 0.3) is 21.5 Å².